The van der Waals surface area contributed by atoms with Crippen LogP contribution < -0.4 is 15.6 Å². The van der Waals surface area contributed by atoms with E-state index in [9.17, 15) is 24.0 Å². The highest BCUT2D eigenvalue weighted by Gasteiger charge is 2.51. The fourth-order valence-electron chi connectivity index (χ4n) is 14.7. The van der Waals surface area contributed by atoms with Crippen molar-refractivity contribution >= 4 is 46.1 Å². The third-order valence-corrected chi connectivity index (χ3v) is 18.9. The molecule has 0 bridgehead atoms. The highest BCUT2D eigenvalue weighted by Crippen LogP contribution is 2.54. The van der Waals surface area contributed by atoms with Crippen LogP contribution in [0.15, 0.2) is 53.3 Å². The molecule has 13 rings (SSSR count). The van der Waals surface area contributed by atoms with Crippen LogP contribution in [0.2, 0.25) is 5.02 Å². The number of likely N-dealkylation sites (tertiary alicyclic amines) is 3. The molecule has 0 unspecified atom stereocenters. The number of amides is 4. The number of imide groups is 1. The van der Waals surface area contributed by atoms with Gasteiger partial charge in [0.1, 0.15) is 17.6 Å². The molecule has 4 amide bonds. The van der Waals surface area contributed by atoms with Gasteiger partial charge in [0.2, 0.25) is 17.7 Å². The van der Waals surface area contributed by atoms with Crippen molar-refractivity contribution in [3.63, 3.8) is 0 Å². The first-order valence-electron chi connectivity index (χ1n) is 25.6. The summed E-state index contributed by atoms with van der Waals surface area (Å²) in [6.45, 7) is 6.97. The van der Waals surface area contributed by atoms with Gasteiger partial charge < -0.3 is 19.4 Å². The van der Waals surface area contributed by atoms with E-state index in [-0.39, 0.29) is 45.9 Å². The summed E-state index contributed by atoms with van der Waals surface area (Å²) in [6, 6.07) is 16.8. The SMILES string of the molecule is O=C1CC[C@H](N2Cc3c(ccc4c3OCC43CCN(CC(=O)N4CC5(CCC(N6CCC(c7ccc8c(c7)C7(CCCCC7)c7nc(=O)c9c(Cl)cccc9n7-8)CC6)CC5)C4)CC3)C2=O)C(=O)N1. The normalized spacial score (nSPS) is 25.4. The summed E-state index contributed by atoms with van der Waals surface area (Å²) in [7, 11) is 0. The number of nitrogens with zero attached hydrogens (tertiary/aromatic N) is 6. The molecule has 1 aromatic heterocycles. The van der Waals surface area contributed by atoms with E-state index < -0.39 is 11.9 Å². The Morgan fingerprint density at radius 1 is 0.838 bits per heavy atom. The fourth-order valence-corrected chi connectivity index (χ4v) is 15.0. The van der Waals surface area contributed by atoms with E-state index in [4.69, 9.17) is 21.3 Å². The minimum Gasteiger partial charge on any atom is -0.492 e. The molecule has 0 radical (unpaired) electrons. The van der Waals surface area contributed by atoms with Crippen molar-refractivity contribution in [1.82, 2.24) is 34.5 Å². The molecule has 13 nitrogen and oxygen atoms in total. The lowest BCUT2D eigenvalue weighted by Crippen LogP contribution is -2.62. The van der Waals surface area contributed by atoms with Crippen LogP contribution in [-0.2, 0) is 31.8 Å². The minimum absolute atomic E-state index is 0.149. The Bertz CT molecular complexity index is 2860. The van der Waals surface area contributed by atoms with Crippen LogP contribution in [0.5, 0.6) is 5.75 Å². The Hall–Kier alpha value is -5.11. The summed E-state index contributed by atoms with van der Waals surface area (Å²) in [5.74, 6) is 1.58. The second-order valence-electron chi connectivity index (χ2n) is 22.1. The Kier molecular flexibility index (Phi) is 10.1. The predicted molar refractivity (Wildman–Crippen MR) is 256 cm³/mol. The molecule has 14 heteroatoms. The molecule has 4 saturated heterocycles. The number of halogens is 1. The molecule has 1 atom stereocenters. The molecule has 2 aliphatic carbocycles. The topological polar surface area (TPSA) is 137 Å². The third kappa shape index (κ3) is 6.60. The predicted octanol–water partition coefficient (Wildman–Crippen LogP) is 6.74. The summed E-state index contributed by atoms with van der Waals surface area (Å²) >= 11 is 6.60. The molecule has 4 aromatic rings. The smallest absolute Gasteiger partial charge is 0.282 e. The number of carbonyl (C=O) groups is 4. The highest BCUT2D eigenvalue weighted by molar-refractivity contribution is 6.35. The maximum Gasteiger partial charge on any atom is 0.282 e. The second kappa shape index (κ2) is 16.0. The number of hydrogen-bond donors (Lipinski definition) is 1. The lowest BCUT2D eigenvalue weighted by molar-refractivity contribution is -0.148. The van der Waals surface area contributed by atoms with Gasteiger partial charge in [0.05, 0.1) is 46.7 Å². The maximum atomic E-state index is 13.7. The number of ether oxygens (including phenoxy) is 1. The standard InChI is InChI=1S/C54H60ClN7O6/c55-40-5-4-6-42-46(40)49(66)57-51-54(17-2-1-3-18-54)39-27-34(7-10-41(39)62(42)51)33-15-23-59(24-16-33)35-13-19-52(20-14-35)30-60(31-52)45(64)29-58-25-21-53(22-26-58)32-68-47-37-28-61(43-11-12-44(63)56-48(43)65)50(67)36(37)8-9-38(47)53/h4-10,27,33,35,43H,1-3,11-26,28-32H2,(H,56,63,65)/t43-/m0/s1. The Morgan fingerprint density at radius 2 is 1.62 bits per heavy atom. The number of aromatic nitrogens is 2. The van der Waals surface area contributed by atoms with Gasteiger partial charge in [0.15, 0.2) is 0 Å². The molecule has 8 heterocycles. The number of benzene rings is 3. The Labute approximate surface area is 401 Å². The average Bonchev–Trinajstić information content (AvgIpc) is 3.96. The van der Waals surface area contributed by atoms with Crippen LogP contribution in [0.1, 0.15) is 141 Å². The van der Waals surface area contributed by atoms with Gasteiger partial charge in [0, 0.05) is 53.1 Å². The summed E-state index contributed by atoms with van der Waals surface area (Å²) in [6.07, 6.45) is 15.0. The molecule has 1 N–H and O–H groups in total. The molecule has 7 aliphatic heterocycles. The second-order valence-corrected chi connectivity index (χ2v) is 22.5. The number of piperidine rings is 3. The monoisotopic (exact) mass is 937 g/mol. The average molecular weight is 939 g/mol. The third-order valence-electron chi connectivity index (χ3n) is 18.6. The molecule has 6 fully saturated rings. The van der Waals surface area contributed by atoms with E-state index in [2.05, 4.69) is 42.8 Å². The zero-order valence-corrected chi connectivity index (χ0v) is 39.6. The van der Waals surface area contributed by atoms with Crippen LogP contribution in [0, 0.1) is 5.41 Å². The molecule has 3 spiro atoms. The van der Waals surface area contributed by atoms with Gasteiger partial charge in [0.25, 0.3) is 11.5 Å². The van der Waals surface area contributed by atoms with Gasteiger partial charge >= 0.3 is 0 Å². The molecular weight excluding hydrogens is 878 g/mol. The minimum atomic E-state index is -0.652. The first-order chi connectivity index (χ1) is 33.0. The van der Waals surface area contributed by atoms with Crippen LogP contribution in [0.4, 0.5) is 0 Å². The van der Waals surface area contributed by atoms with Crippen molar-refractivity contribution in [3.8, 4) is 11.4 Å². The molecule has 9 aliphatic rings. The van der Waals surface area contributed by atoms with Crippen molar-refractivity contribution in [3.05, 3.63) is 97.5 Å². The number of fused-ring (bicyclic) bond motifs is 11. The summed E-state index contributed by atoms with van der Waals surface area (Å²) in [4.78, 5) is 78.5. The quantitative estimate of drug-likeness (QED) is 0.216. The Balaban J connectivity index is 0.594. The van der Waals surface area contributed by atoms with E-state index in [0.29, 0.717) is 54.0 Å². The van der Waals surface area contributed by atoms with E-state index in [0.717, 1.165) is 125 Å². The van der Waals surface area contributed by atoms with Crippen molar-refractivity contribution in [2.75, 3.05) is 52.4 Å². The van der Waals surface area contributed by atoms with Crippen LogP contribution in [-0.4, -0.2) is 117 Å². The maximum absolute atomic E-state index is 13.7. The number of carbonyl (C=O) groups excluding carboxylic acids is 4. The van der Waals surface area contributed by atoms with Crippen LogP contribution >= 0.6 is 11.6 Å². The molecule has 2 saturated carbocycles. The first kappa shape index (κ1) is 43.0. The van der Waals surface area contributed by atoms with Crippen molar-refractivity contribution in [1.29, 1.82) is 0 Å². The fraction of sp³-hybridized carbons (Fsp3) is 0.556. The van der Waals surface area contributed by atoms with Crippen LogP contribution in [0.3, 0.4) is 0 Å². The van der Waals surface area contributed by atoms with Gasteiger partial charge in [-0.15, -0.1) is 0 Å². The molecular formula is C54H60ClN7O6. The van der Waals surface area contributed by atoms with Gasteiger partial charge in [-0.3, -0.25) is 38.8 Å². The van der Waals surface area contributed by atoms with Gasteiger partial charge in [-0.1, -0.05) is 55.1 Å². The number of nitrogens with one attached hydrogen (secondary N) is 1. The largest absolute Gasteiger partial charge is 0.492 e. The molecule has 3 aromatic carbocycles. The lowest BCUT2D eigenvalue weighted by atomic mass is 9.67. The summed E-state index contributed by atoms with van der Waals surface area (Å²) in [5.41, 5.74) is 7.06. The number of hydrogen-bond acceptors (Lipinski definition) is 9. The van der Waals surface area contributed by atoms with E-state index in [1.807, 2.05) is 24.3 Å². The van der Waals surface area contributed by atoms with Gasteiger partial charge in [-0.2, -0.15) is 4.98 Å². The molecule has 68 heavy (non-hydrogen) atoms. The van der Waals surface area contributed by atoms with Crippen LogP contribution in [0.25, 0.3) is 16.6 Å². The van der Waals surface area contributed by atoms with Crippen molar-refractivity contribution in [2.45, 2.75) is 132 Å². The Morgan fingerprint density at radius 3 is 2.38 bits per heavy atom. The summed E-state index contributed by atoms with van der Waals surface area (Å²) < 4.78 is 8.64. The first-order valence-corrected chi connectivity index (χ1v) is 25.9. The number of rotatable bonds is 5. The van der Waals surface area contributed by atoms with Gasteiger partial charge in [-0.05, 0) is 138 Å². The zero-order chi connectivity index (χ0) is 46.1. The van der Waals surface area contributed by atoms with Crippen molar-refractivity contribution in [2.24, 2.45) is 5.41 Å². The lowest BCUT2D eigenvalue weighted by Gasteiger charge is -2.55. The van der Waals surface area contributed by atoms with Crippen molar-refractivity contribution < 1.29 is 23.9 Å². The van der Waals surface area contributed by atoms with Gasteiger partial charge in [-0.25, -0.2) is 0 Å². The van der Waals surface area contributed by atoms with E-state index >= 15 is 0 Å². The van der Waals surface area contributed by atoms with E-state index in [1.54, 1.807) is 11.0 Å². The summed E-state index contributed by atoms with van der Waals surface area (Å²) in [5, 5.41) is 3.36. The molecule has 354 valence electrons. The highest BCUT2D eigenvalue weighted by atomic mass is 35.5. The van der Waals surface area contributed by atoms with E-state index in [1.165, 1.54) is 43.2 Å². The zero-order valence-electron chi connectivity index (χ0n) is 38.8.